The standard InChI is InChI=1S/C13H22S/c1-5-10-14-11-9-13(4)8-6-7-12(2)3/h5,7,9H,1,6,8,10-11H2,2-4H3/b13-9+. The molecule has 0 rings (SSSR count). The quantitative estimate of drug-likeness (QED) is 0.437. The molecule has 0 unspecified atom stereocenters. The number of hydrogen-bond donors (Lipinski definition) is 0. The van der Waals surface area contributed by atoms with Crippen LogP contribution >= 0.6 is 11.8 Å². The molecule has 0 nitrogen and oxygen atoms in total. The highest BCUT2D eigenvalue weighted by Gasteiger charge is 1.88. The number of hydrogen-bond acceptors (Lipinski definition) is 1. The second kappa shape index (κ2) is 9.14. The second-order valence-electron chi connectivity index (χ2n) is 3.70. The lowest BCUT2D eigenvalue weighted by Gasteiger charge is -1.98. The Balaban J connectivity index is 3.56. The summed E-state index contributed by atoms with van der Waals surface area (Å²) in [5.41, 5.74) is 2.91. The zero-order valence-electron chi connectivity index (χ0n) is 9.68. The van der Waals surface area contributed by atoms with Gasteiger partial charge < -0.3 is 0 Å². The van der Waals surface area contributed by atoms with E-state index >= 15 is 0 Å². The molecule has 0 aromatic carbocycles. The highest BCUT2D eigenvalue weighted by Crippen LogP contribution is 2.09. The molecule has 0 saturated carbocycles. The van der Waals surface area contributed by atoms with Crippen LogP contribution in [0.15, 0.2) is 36.0 Å². The third kappa shape index (κ3) is 9.66. The normalized spacial score (nSPS) is 11.2. The summed E-state index contributed by atoms with van der Waals surface area (Å²) in [6, 6.07) is 0. The molecule has 0 spiro atoms. The Morgan fingerprint density at radius 3 is 2.43 bits per heavy atom. The molecule has 0 heterocycles. The lowest BCUT2D eigenvalue weighted by atomic mass is 10.1. The maximum absolute atomic E-state index is 3.70. The van der Waals surface area contributed by atoms with E-state index in [1.165, 1.54) is 24.0 Å². The van der Waals surface area contributed by atoms with Crippen LogP contribution in [-0.4, -0.2) is 11.5 Å². The molecular weight excluding hydrogens is 188 g/mol. The van der Waals surface area contributed by atoms with Crippen LogP contribution < -0.4 is 0 Å². The predicted octanol–water partition coefficient (Wildman–Crippen LogP) is 4.60. The third-order valence-electron chi connectivity index (χ3n) is 1.88. The minimum atomic E-state index is 1.05. The fourth-order valence-electron chi connectivity index (χ4n) is 1.04. The average Bonchev–Trinajstić information content (AvgIpc) is 2.12. The molecular formula is C13H22S. The SMILES string of the molecule is C=CCSC/C=C(\C)CCC=C(C)C. The molecule has 0 saturated heterocycles. The lowest BCUT2D eigenvalue weighted by molar-refractivity contribution is 0.964. The number of allylic oxidation sites excluding steroid dienone is 3. The van der Waals surface area contributed by atoms with Crippen LogP contribution in [0, 0.1) is 0 Å². The van der Waals surface area contributed by atoms with Crippen molar-refractivity contribution in [1.29, 1.82) is 0 Å². The summed E-state index contributed by atoms with van der Waals surface area (Å²) in [6.45, 7) is 10.2. The van der Waals surface area contributed by atoms with Crippen LogP contribution in [0.25, 0.3) is 0 Å². The zero-order chi connectivity index (χ0) is 10.8. The molecule has 0 aliphatic heterocycles. The fraction of sp³-hybridized carbons (Fsp3) is 0.538. The van der Waals surface area contributed by atoms with Gasteiger partial charge in [-0.3, -0.25) is 0 Å². The molecule has 14 heavy (non-hydrogen) atoms. The molecule has 0 radical (unpaired) electrons. The molecule has 80 valence electrons. The summed E-state index contributed by atoms with van der Waals surface area (Å²) in [5, 5.41) is 0. The smallest absolute Gasteiger partial charge is 0.0118 e. The Morgan fingerprint density at radius 2 is 1.86 bits per heavy atom. The Bertz CT molecular complexity index is 207. The van der Waals surface area contributed by atoms with Crippen molar-refractivity contribution in [3.63, 3.8) is 0 Å². The summed E-state index contributed by atoms with van der Waals surface area (Å²) in [6.07, 6.45) is 8.95. The van der Waals surface area contributed by atoms with Gasteiger partial charge in [0.1, 0.15) is 0 Å². The largest absolute Gasteiger partial charge is 0.154 e. The molecule has 0 bridgehead atoms. The van der Waals surface area contributed by atoms with Gasteiger partial charge in [0.25, 0.3) is 0 Å². The first-order chi connectivity index (χ1) is 6.66. The molecule has 0 amide bonds. The summed E-state index contributed by atoms with van der Waals surface area (Å²) < 4.78 is 0. The summed E-state index contributed by atoms with van der Waals surface area (Å²) in [5.74, 6) is 2.17. The second-order valence-corrected chi connectivity index (χ2v) is 4.77. The van der Waals surface area contributed by atoms with E-state index in [2.05, 4.69) is 39.5 Å². The van der Waals surface area contributed by atoms with E-state index in [0.29, 0.717) is 0 Å². The van der Waals surface area contributed by atoms with E-state index in [-0.39, 0.29) is 0 Å². The zero-order valence-corrected chi connectivity index (χ0v) is 10.5. The monoisotopic (exact) mass is 210 g/mol. The maximum Gasteiger partial charge on any atom is 0.0118 e. The van der Waals surface area contributed by atoms with Crippen molar-refractivity contribution in [2.24, 2.45) is 0 Å². The molecule has 0 N–H and O–H groups in total. The van der Waals surface area contributed by atoms with Crippen molar-refractivity contribution in [3.05, 3.63) is 36.0 Å². The van der Waals surface area contributed by atoms with Gasteiger partial charge in [0, 0.05) is 11.5 Å². The van der Waals surface area contributed by atoms with Gasteiger partial charge in [0.15, 0.2) is 0 Å². The molecule has 0 aromatic rings. The molecule has 0 aliphatic rings. The number of rotatable bonds is 7. The predicted molar refractivity (Wildman–Crippen MR) is 69.9 cm³/mol. The molecule has 0 fully saturated rings. The van der Waals surface area contributed by atoms with E-state index < -0.39 is 0 Å². The van der Waals surface area contributed by atoms with Crippen molar-refractivity contribution in [3.8, 4) is 0 Å². The number of thioether (sulfide) groups is 1. The summed E-state index contributed by atoms with van der Waals surface area (Å²) >= 11 is 1.91. The van der Waals surface area contributed by atoms with Crippen molar-refractivity contribution in [2.45, 2.75) is 33.6 Å². The Labute approximate surface area is 93.2 Å². The first-order valence-corrected chi connectivity index (χ1v) is 6.30. The van der Waals surface area contributed by atoms with Crippen molar-refractivity contribution in [1.82, 2.24) is 0 Å². The first kappa shape index (κ1) is 13.6. The molecule has 1 heteroatoms. The Hall–Kier alpha value is -0.430. The van der Waals surface area contributed by atoms with Crippen LogP contribution in [-0.2, 0) is 0 Å². The summed E-state index contributed by atoms with van der Waals surface area (Å²) in [7, 11) is 0. The first-order valence-electron chi connectivity index (χ1n) is 5.14. The van der Waals surface area contributed by atoms with Gasteiger partial charge in [-0.2, -0.15) is 11.8 Å². The van der Waals surface area contributed by atoms with Gasteiger partial charge in [-0.1, -0.05) is 29.4 Å². The fourth-order valence-corrected chi connectivity index (χ4v) is 1.75. The van der Waals surface area contributed by atoms with Gasteiger partial charge in [-0.15, -0.1) is 6.58 Å². The van der Waals surface area contributed by atoms with Gasteiger partial charge in [0.2, 0.25) is 0 Å². The van der Waals surface area contributed by atoms with Gasteiger partial charge >= 0.3 is 0 Å². The van der Waals surface area contributed by atoms with E-state index in [1.54, 1.807) is 0 Å². The molecule has 0 aliphatic carbocycles. The van der Waals surface area contributed by atoms with Crippen molar-refractivity contribution in [2.75, 3.05) is 11.5 Å². The van der Waals surface area contributed by atoms with E-state index in [9.17, 15) is 0 Å². The van der Waals surface area contributed by atoms with E-state index in [0.717, 1.165) is 11.5 Å². The highest BCUT2D eigenvalue weighted by atomic mass is 32.2. The van der Waals surface area contributed by atoms with Gasteiger partial charge in [-0.25, -0.2) is 0 Å². The van der Waals surface area contributed by atoms with Gasteiger partial charge in [-0.05, 0) is 33.6 Å². The Kier molecular flexibility index (Phi) is 8.86. The van der Waals surface area contributed by atoms with Crippen molar-refractivity contribution < 1.29 is 0 Å². The van der Waals surface area contributed by atoms with Crippen LogP contribution in [0.5, 0.6) is 0 Å². The van der Waals surface area contributed by atoms with E-state index in [4.69, 9.17) is 0 Å². The van der Waals surface area contributed by atoms with E-state index in [1.807, 2.05) is 17.8 Å². The molecule has 0 atom stereocenters. The third-order valence-corrected chi connectivity index (χ3v) is 2.75. The topological polar surface area (TPSA) is 0 Å². The minimum Gasteiger partial charge on any atom is -0.154 e. The molecule has 0 aromatic heterocycles. The summed E-state index contributed by atoms with van der Waals surface area (Å²) in [4.78, 5) is 0. The van der Waals surface area contributed by atoms with Crippen LogP contribution in [0.2, 0.25) is 0 Å². The van der Waals surface area contributed by atoms with Crippen LogP contribution in [0.4, 0.5) is 0 Å². The van der Waals surface area contributed by atoms with Crippen molar-refractivity contribution >= 4 is 11.8 Å². The lowest BCUT2D eigenvalue weighted by Crippen LogP contribution is -1.80. The van der Waals surface area contributed by atoms with Gasteiger partial charge in [0.05, 0.1) is 0 Å². The maximum atomic E-state index is 3.70. The van der Waals surface area contributed by atoms with Crippen LogP contribution in [0.3, 0.4) is 0 Å². The van der Waals surface area contributed by atoms with Crippen LogP contribution in [0.1, 0.15) is 33.6 Å². The Morgan fingerprint density at radius 1 is 1.14 bits per heavy atom. The highest BCUT2D eigenvalue weighted by molar-refractivity contribution is 7.99. The minimum absolute atomic E-state index is 1.05. The average molecular weight is 210 g/mol.